The summed E-state index contributed by atoms with van der Waals surface area (Å²) in [6.07, 6.45) is 2.69. The molecule has 0 aliphatic carbocycles. The van der Waals surface area contributed by atoms with Gasteiger partial charge in [0.05, 0.1) is 6.26 Å². The van der Waals surface area contributed by atoms with Crippen LogP contribution in [-0.4, -0.2) is 0 Å². The summed E-state index contributed by atoms with van der Waals surface area (Å²) in [5.41, 5.74) is 1.25. The van der Waals surface area contributed by atoms with E-state index < -0.39 is 0 Å². The lowest BCUT2D eigenvalue weighted by atomic mass is 10.1. The van der Waals surface area contributed by atoms with Crippen LogP contribution in [0.3, 0.4) is 0 Å². The number of ether oxygens (including phenoxy) is 1. The molecule has 0 N–H and O–H groups in total. The third kappa shape index (κ3) is 1.35. The quantitative estimate of drug-likeness (QED) is 0.634. The highest BCUT2D eigenvalue weighted by Crippen LogP contribution is 2.39. The van der Waals surface area contributed by atoms with Crippen molar-refractivity contribution >= 4 is 10.8 Å². The van der Waals surface area contributed by atoms with Crippen molar-refractivity contribution in [2.24, 2.45) is 0 Å². The fraction of sp³-hybridized carbons (Fsp3) is 0.125. The van der Waals surface area contributed by atoms with Crippen LogP contribution in [0.15, 0.2) is 59.2 Å². The number of rotatable bonds is 1. The van der Waals surface area contributed by atoms with E-state index in [9.17, 15) is 0 Å². The maximum atomic E-state index is 5.97. The third-order valence-corrected chi connectivity index (χ3v) is 3.48. The van der Waals surface area contributed by atoms with Crippen molar-refractivity contribution in [3.63, 3.8) is 0 Å². The Morgan fingerprint density at radius 2 is 1.78 bits per heavy atom. The van der Waals surface area contributed by atoms with Crippen molar-refractivity contribution in [3.8, 4) is 5.75 Å². The minimum atomic E-state index is 0.00213. The van der Waals surface area contributed by atoms with Gasteiger partial charge in [-0.25, -0.2) is 0 Å². The molecule has 2 heterocycles. The summed E-state index contributed by atoms with van der Waals surface area (Å²) in [5.74, 6) is 1.91. The highest BCUT2D eigenvalue weighted by molar-refractivity contribution is 5.84. The average molecular weight is 236 g/mol. The van der Waals surface area contributed by atoms with Gasteiger partial charge in [0.15, 0.2) is 11.9 Å². The van der Waals surface area contributed by atoms with Gasteiger partial charge in [-0.05, 0) is 11.6 Å². The zero-order valence-electron chi connectivity index (χ0n) is 9.80. The monoisotopic (exact) mass is 236 g/mol. The van der Waals surface area contributed by atoms with Gasteiger partial charge in [-0.1, -0.05) is 42.5 Å². The molecule has 88 valence electrons. The van der Waals surface area contributed by atoms with Gasteiger partial charge in [0.2, 0.25) is 0 Å². The van der Waals surface area contributed by atoms with Crippen LogP contribution in [0.2, 0.25) is 0 Å². The fourth-order valence-electron chi connectivity index (χ4n) is 2.59. The Morgan fingerprint density at radius 3 is 2.72 bits per heavy atom. The Hall–Kier alpha value is -2.22. The fourth-order valence-corrected chi connectivity index (χ4v) is 2.59. The lowest BCUT2D eigenvalue weighted by Crippen LogP contribution is -2.01. The van der Waals surface area contributed by atoms with Crippen LogP contribution in [0.1, 0.15) is 17.4 Å². The van der Waals surface area contributed by atoms with E-state index in [4.69, 9.17) is 9.15 Å². The molecule has 1 atom stereocenters. The van der Waals surface area contributed by atoms with E-state index in [0.717, 1.165) is 28.7 Å². The van der Waals surface area contributed by atoms with Crippen molar-refractivity contribution in [1.82, 2.24) is 0 Å². The molecule has 0 spiro atoms. The summed E-state index contributed by atoms with van der Waals surface area (Å²) in [7, 11) is 0. The van der Waals surface area contributed by atoms with Crippen molar-refractivity contribution in [2.75, 3.05) is 0 Å². The van der Waals surface area contributed by atoms with Crippen LogP contribution in [0, 0.1) is 0 Å². The summed E-state index contributed by atoms with van der Waals surface area (Å²) >= 11 is 0. The molecule has 3 aromatic rings. The molecule has 18 heavy (non-hydrogen) atoms. The smallest absolute Gasteiger partial charge is 0.161 e. The van der Waals surface area contributed by atoms with Crippen LogP contribution in [0.5, 0.6) is 5.75 Å². The summed E-state index contributed by atoms with van der Waals surface area (Å²) < 4.78 is 11.7. The molecule has 2 heteroatoms. The maximum absolute atomic E-state index is 5.97. The third-order valence-electron chi connectivity index (χ3n) is 3.48. The highest BCUT2D eigenvalue weighted by atomic mass is 16.5. The standard InChI is InChI=1S/C16H12O2/c1-3-7-13-12(6-1)10-17-16(13)15-9-11-5-2-4-8-14(11)18-15/h1-8,10,15H,9H2. The Kier molecular flexibility index (Phi) is 1.97. The molecule has 1 aliphatic rings. The first-order valence-electron chi connectivity index (χ1n) is 6.12. The van der Waals surface area contributed by atoms with Gasteiger partial charge in [-0.3, -0.25) is 0 Å². The van der Waals surface area contributed by atoms with Gasteiger partial charge in [-0.15, -0.1) is 0 Å². The molecule has 0 radical (unpaired) electrons. The summed E-state index contributed by atoms with van der Waals surface area (Å²) in [6.45, 7) is 0. The van der Waals surface area contributed by atoms with E-state index in [-0.39, 0.29) is 6.10 Å². The Morgan fingerprint density at radius 1 is 0.944 bits per heavy atom. The van der Waals surface area contributed by atoms with Gasteiger partial charge >= 0.3 is 0 Å². The number of furan rings is 1. The number of hydrogen-bond acceptors (Lipinski definition) is 2. The molecule has 4 rings (SSSR count). The SMILES string of the molecule is c1ccc2c(c1)CC(c1occ3ccccc13)O2. The second kappa shape index (κ2) is 3.64. The van der Waals surface area contributed by atoms with Crippen molar-refractivity contribution < 1.29 is 9.15 Å². The van der Waals surface area contributed by atoms with E-state index in [1.165, 1.54) is 5.56 Å². The van der Waals surface area contributed by atoms with Gasteiger partial charge in [0, 0.05) is 17.2 Å². The molecule has 2 nitrogen and oxygen atoms in total. The molecule has 2 aromatic carbocycles. The molecule has 1 aromatic heterocycles. The van der Waals surface area contributed by atoms with Gasteiger partial charge in [-0.2, -0.15) is 0 Å². The summed E-state index contributed by atoms with van der Waals surface area (Å²) in [6, 6.07) is 16.4. The van der Waals surface area contributed by atoms with Crippen LogP contribution in [-0.2, 0) is 6.42 Å². The Labute approximate surface area is 105 Å². The number of benzene rings is 2. The molecule has 0 saturated heterocycles. The molecule has 0 fully saturated rings. The van der Waals surface area contributed by atoms with Crippen LogP contribution in [0.4, 0.5) is 0 Å². The molecule has 0 bridgehead atoms. The zero-order chi connectivity index (χ0) is 11.9. The summed E-state index contributed by atoms with van der Waals surface area (Å²) in [4.78, 5) is 0. The first kappa shape index (κ1) is 9.77. The lowest BCUT2D eigenvalue weighted by Gasteiger charge is -2.07. The second-order valence-corrected chi connectivity index (χ2v) is 4.61. The highest BCUT2D eigenvalue weighted by Gasteiger charge is 2.27. The number of fused-ring (bicyclic) bond motifs is 2. The second-order valence-electron chi connectivity index (χ2n) is 4.61. The maximum Gasteiger partial charge on any atom is 0.161 e. The van der Waals surface area contributed by atoms with Crippen molar-refractivity contribution in [3.05, 3.63) is 66.1 Å². The van der Waals surface area contributed by atoms with Crippen LogP contribution in [0.25, 0.3) is 10.8 Å². The van der Waals surface area contributed by atoms with Gasteiger partial charge in [0.1, 0.15) is 5.75 Å². The van der Waals surface area contributed by atoms with Gasteiger partial charge in [0.25, 0.3) is 0 Å². The zero-order valence-corrected chi connectivity index (χ0v) is 9.80. The average Bonchev–Trinajstić information content (AvgIpc) is 3.02. The van der Waals surface area contributed by atoms with Crippen LogP contribution < -0.4 is 4.74 Å². The van der Waals surface area contributed by atoms with Crippen molar-refractivity contribution in [1.29, 1.82) is 0 Å². The molecular weight excluding hydrogens is 224 g/mol. The molecule has 1 unspecified atom stereocenters. The van der Waals surface area contributed by atoms with E-state index in [2.05, 4.69) is 18.2 Å². The molecule has 1 aliphatic heterocycles. The van der Waals surface area contributed by atoms with E-state index in [1.54, 1.807) is 6.26 Å². The van der Waals surface area contributed by atoms with E-state index >= 15 is 0 Å². The largest absolute Gasteiger partial charge is 0.482 e. The topological polar surface area (TPSA) is 22.4 Å². The number of hydrogen-bond donors (Lipinski definition) is 0. The Balaban J connectivity index is 1.78. The number of para-hydroxylation sites is 1. The van der Waals surface area contributed by atoms with Crippen molar-refractivity contribution in [2.45, 2.75) is 12.5 Å². The normalized spacial score (nSPS) is 17.7. The first-order chi connectivity index (χ1) is 8.92. The molecule has 0 amide bonds. The Bertz CT molecular complexity index is 687. The molecular formula is C16H12O2. The minimum absolute atomic E-state index is 0.00213. The van der Waals surface area contributed by atoms with E-state index in [1.807, 2.05) is 30.3 Å². The van der Waals surface area contributed by atoms with Crippen LogP contribution >= 0.6 is 0 Å². The lowest BCUT2D eigenvalue weighted by molar-refractivity contribution is 0.207. The van der Waals surface area contributed by atoms with Gasteiger partial charge < -0.3 is 9.15 Å². The predicted octanol–water partition coefficient (Wildman–Crippen LogP) is 4.11. The van der Waals surface area contributed by atoms with E-state index in [0.29, 0.717) is 0 Å². The molecule has 0 saturated carbocycles. The first-order valence-corrected chi connectivity index (χ1v) is 6.12. The predicted molar refractivity (Wildman–Crippen MR) is 69.7 cm³/mol. The minimum Gasteiger partial charge on any atom is -0.482 e. The summed E-state index contributed by atoms with van der Waals surface area (Å²) in [5, 5.41) is 2.28.